The highest BCUT2D eigenvalue weighted by Crippen LogP contribution is 2.69. The second kappa shape index (κ2) is 6.17. The maximum atomic E-state index is 12.9. The zero-order valence-electron chi connectivity index (χ0n) is 19.6. The first kappa shape index (κ1) is 19.3. The monoisotopic (exact) mass is 446 g/mol. The standard InChI is InChI=1S/C28H34N2O3/c1-2-30-20-6-4-3-5-18(20)19-14-28(32)22-13-17-9-10-21(31)25-23(17)27(28,26(33-25)24(19)30)11-12-29(22)15-16-7-8-16/h9-10,16,22,26,31-32H,2-8,11-15H2,1H3/t22-,26-,27-,28+/m0/s1. The third-order valence-corrected chi connectivity index (χ3v) is 10.3. The summed E-state index contributed by atoms with van der Waals surface area (Å²) in [5, 5.41) is 23.8. The molecule has 4 aliphatic carbocycles. The minimum Gasteiger partial charge on any atom is -0.504 e. The van der Waals surface area contributed by atoms with Crippen LogP contribution >= 0.6 is 0 Å². The summed E-state index contributed by atoms with van der Waals surface area (Å²) in [4.78, 5) is 2.63. The summed E-state index contributed by atoms with van der Waals surface area (Å²) in [6.07, 6.45) is 9.71. The Morgan fingerprint density at radius 1 is 1.15 bits per heavy atom. The summed E-state index contributed by atoms with van der Waals surface area (Å²) < 4.78 is 9.33. The van der Waals surface area contributed by atoms with Crippen LogP contribution in [0.25, 0.3) is 0 Å². The average molecular weight is 447 g/mol. The van der Waals surface area contributed by atoms with Crippen LogP contribution in [-0.4, -0.2) is 44.4 Å². The Morgan fingerprint density at radius 3 is 2.82 bits per heavy atom. The van der Waals surface area contributed by atoms with Crippen molar-refractivity contribution in [2.45, 2.75) is 94.4 Å². The Bertz CT molecular complexity index is 1200. The Morgan fingerprint density at radius 2 is 2.00 bits per heavy atom. The zero-order valence-corrected chi connectivity index (χ0v) is 19.6. The Labute approximate surface area is 195 Å². The van der Waals surface area contributed by atoms with Crippen LogP contribution in [0, 0.1) is 5.92 Å². The van der Waals surface area contributed by atoms with Crippen molar-refractivity contribution >= 4 is 0 Å². The summed E-state index contributed by atoms with van der Waals surface area (Å²) >= 11 is 0. The quantitative estimate of drug-likeness (QED) is 0.753. The molecule has 2 aromatic rings. The van der Waals surface area contributed by atoms with Crippen LogP contribution in [-0.2, 0) is 37.6 Å². The molecular formula is C28H34N2O3. The number of aromatic hydroxyl groups is 1. The molecule has 0 amide bonds. The molecule has 1 aromatic carbocycles. The molecule has 33 heavy (non-hydrogen) atoms. The molecule has 2 aliphatic heterocycles. The van der Waals surface area contributed by atoms with E-state index in [0.717, 1.165) is 63.2 Å². The Kier molecular flexibility index (Phi) is 3.61. The molecule has 3 heterocycles. The number of likely N-dealkylation sites (tertiary alicyclic amines) is 1. The maximum absolute atomic E-state index is 12.9. The molecule has 1 saturated carbocycles. The lowest BCUT2D eigenvalue weighted by molar-refractivity contribution is -0.174. The van der Waals surface area contributed by atoms with Gasteiger partial charge in [-0.05, 0) is 93.5 Å². The number of aromatic nitrogens is 1. The van der Waals surface area contributed by atoms with Crippen LogP contribution in [0.4, 0.5) is 0 Å². The number of phenols is 1. The van der Waals surface area contributed by atoms with Gasteiger partial charge in [-0.1, -0.05) is 6.07 Å². The summed E-state index contributed by atoms with van der Waals surface area (Å²) in [5.74, 6) is 1.70. The largest absolute Gasteiger partial charge is 0.504 e. The van der Waals surface area contributed by atoms with E-state index in [1.165, 1.54) is 53.8 Å². The average Bonchev–Trinajstić information content (AvgIpc) is 3.48. The van der Waals surface area contributed by atoms with E-state index in [1.807, 2.05) is 6.07 Å². The van der Waals surface area contributed by atoms with E-state index in [2.05, 4.69) is 22.5 Å². The maximum Gasteiger partial charge on any atom is 0.166 e. The Hall–Kier alpha value is -1.98. The van der Waals surface area contributed by atoms with Crippen molar-refractivity contribution in [2.75, 3.05) is 13.1 Å². The van der Waals surface area contributed by atoms with Crippen molar-refractivity contribution in [1.29, 1.82) is 0 Å². The van der Waals surface area contributed by atoms with Crippen molar-refractivity contribution in [2.24, 2.45) is 5.92 Å². The minimum absolute atomic E-state index is 0.123. The molecular weight excluding hydrogens is 412 g/mol. The molecule has 2 bridgehead atoms. The fraction of sp³-hybridized carbons (Fsp3) is 0.643. The molecule has 0 radical (unpaired) electrons. The highest BCUT2D eigenvalue weighted by Gasteiger charge is 2.73. The van der Waals surface area contributed by atoms with E-state index < -0.39 is 11.0 Å². The SMILES string of the molecule is CCn1c2c(c3c1[C@@H]1Oc4c(O)ccc5c4[C@@]14CCN(CC1CC1)[C@@H](C5)[C@]4(O)C3)CCCC2. The second-order valence-electron chi connectivity index (χ2n) is 11.7. The molecule has 5 heteroatoms. The molecule has 1 spiro atoms. The summed E-state index contributed by atoms with van der Waals surface area (Å²) in [6.45, 7) is 5.33. The van der Waals surface area contributed by atoms with Crippen LogP contribution in [0.3, 0.4) is 0 Å². The summed E-state index contributed by atoms with van der Waals surface area (Å²) in [6, 6.07) is 4.05. The van der Waals surface area contributed by atoms with E-state index in [0.29, 0.717) is 5.75 Å². The first-order valence-corrected chi connectivity index (χ1v) is 13.3. The van der Waals surface area contributed by atoms with Gasteiger partial charge in [-0.3, -0.25) is 4.90 Å². The van der Waals surface area contributed by atoms with Crippen molar-refractivity contribution in [3.05, 3.63) is 45.8 Å². The highest BCUT2D eigenvalue weighted by atomic mass is 16.5. The predicted molar refractivity (Wildman–Crippen MR) is 125 cm³/mol. The van der Waals surface area contributed by atoms with E-state index in [1.54, 1.807) is 0 Å². The van der Waals surface area contributed by atoms with E-state index in [9.17, 15) is 10.2 Å². The number of phenolic OH excluding ortho intramolecular Hbond substituents is 1. The van der Waals surface area contributed by atoms with Crippen molar-refractivity contribution in [1.82, 2.24) is 9.47 Å². The van der Waals surface area contributed by atoms with Gasteiger partial charge in [-0.25, -0.2) is 0 Å². The normalized spacial score (nSPS) is 35.6. The minimum atomic E-state index is -0.852. The molecule has 6 aliphatic rings. The van der Waals surface area contributed by atoms with Gasteiger partial charge in [0.25, 0.3) is 0 Å². The molecule has 2 N–H and O–H groups in total. The predicted octanol–water partition coefficient (Wildman–Crippen LogP) is 3.79. The van der Waals surface area contributed by atoms with Crippen LogP contribution < -0.4 is 4.74 Å². The molecule has 4 atom stereocenters. The lowest BCUT2D eigenvalue weighted by Gasteiger charge is -2.63. The van der Waals surface area contributed by atoms with Gasteiger partial charge in [-0.15, -0.1) is 0 Å². The number of rotatable bonds is 3. The number of hydrogen-bond donors (Lipinski definition) is 2. The number of aliphatic hydroxyl groups is 1. The Balaban J connectivity index is 1.41. The van der Waals surface area contributed by atoms with Gasteiger partial charge in [0, 0.05) is 36.8 Å². The third-order valence-electron chi connectivity index (χ3n) is 10.3. The number of fused-ring (bicyclic) bond motifs is 4. The molecule has 2 fully saturated rings. The fourth-order valence-electron chi connectivity index (χ4n) is 8.76. The number of ether oxygens (including phenoxy) is 1. The zero-order chi connectivity index (χ0) is 22.1. The summed E-state index contributed by atoms with van der Waals surface area (Å²) in [5.41, 5.74) is 6.78. The summed E-state index contributed by atoms with van der Waals surface area (Å²) in [7, 11) is 0. The molecule has 5 nitrogen and oxygen atoms in total. The van der Waals surface area contributed by atoms with Gasteiger partial charge in [0.2, 0.25) is 0 Å². The third kappa shape index (κ3) is 2.14. The van der Waals surface area contributed by atoms with Gasteiger partial charge in [0.15, 0.2) is 17.6 Å². The second-order valence-corrected chi connectivity index (χ2v) is 11.7. The molecule has 1 saturated heterocycles. The van der Waals surface area contributed by atoms with E-state index >= 15 is 0 Å². The van der Waals surface area contributed by atoms with Gasteiger partial charge >= 0.3 is 0 Å². The van der Waals surface area contributed by atoms with Gasteiger partial charge in [0.1, 0.15) is 0 Å². The lowest BCUT2D eigenvalue weighted by atomic mass is 9.49. The van der Waals surface area contributed by atoms with Crippen LogP contribution in [0.15, 0.2) is 12.1 Å². The number of nitrogens with zero attached hydrogens (tertiary/aromatic N) is 2. The highest BCUT2D eigenvalue weighted by molar-refractivity contribution is 5.65. The lowest BCUT2D eigenvalue weighted by Crippen LogP contribution is -2.74. The molecule has 8 rings (SSSR count). The van der Waals surface area contributed by atoms with E-state index in [-0.39, 0.29) is 17.9 Å². The fourth-order valence-corrected chi connectivity index (χ4v) is 8.76. The smallest absolute Gasteiger partial charge is 0.166 e. The number of hydrogen-bond acceptors (Lipinski definition) is 4. The van der Waals surface area contributed by atoms with Crippen LogP contribution in [0.1, 0.15) is 78.8 Å². The molecule has 174 valence electrons. The van der Waals surface area contributed by atoms with Gasteiger partial charge in [-0.2, -0.15) is 0 Å². The van der Waals surface area contributed by atoms with Crippen molar-refractivity contribution in [3.8, 4) is 11.5 Å². The first-order valence-electron chi connectivity index (χ1n) is 13.3. The van der Waals surface area contributed by atoms with Gasteiger partial charge in [0.05, 0.1) is 16.7 Å². The van der Waals surface area contributed by atoms with Crippen molar-refractivity contribution in [3.63, 3.8) is 0 Å². The van der Waals surface area contributed by atoms with Crippen molar-refractivity contribution < 1.29 is 14.9 Å². The number of benzene rings is 1. The number of piperidine rings is 1. The van der Waals surface area contributed by atoms with Crippen LogP contribution in [0.2, 0.25) is 0 Å². The van der Waals surface area contributed by atoms with Crippen LogP contribution in [0.5, 0.6) is 11.5 Å². The van der Waals surface area contributed by atoms with Gasteiger partial charge < -0.3 is 19.5 Å². The van der Waals surface area contributed by atoms with E-state index in [4.69, 9.17) is 4.74 Å². The first-order chi connectivity index (χ1) is 16.1. The molecule has 0 unspecified atom stereocenters. The molecule has 1 aromatic heterocycles. The topological polar surface area (TPSA) is 57.9 Å².